The molecule has 2 atom stereocenters. The second-order valence-corrected chi connectivity index (χ2v) is 7.34. The van der Waals surface area contributed by atoms with Crippen molar-refractivity contribution in [1.29, 1.82) is 0 Å². The van der Waals surface area contributed by atoms with E-state index in [1.165, 1.54) is 18.2 Å². The monoisotopic (exact) mass is 419 g/mol. The maximum absolute atomic E-state index is 14.1. The normalized spacial score (nSPS) is 15.7. The van der Waals surface area contributed by atoms with Crippen molar-refractivity contribution >= 4 is 18.2 Å². The molecule has 2 N–H and O–H groups in total. The van der Waals surface area contributed by atoms with Crippen molar-refractivity contribution in [2.45, 2.75) is 37.6 Å². The summed E-state index contributed by atoms with van der Waals surface area (Å²) in [4.78, 5) is 35.7. The van der Waals surface area contributed by atoms with Gasteiger partial charge < -0.3 is 15.2 Å². The highest BCUT2D eigenvalue weighted by atomic mass is 19.1. The molecule has 0 aromatic heterocycles. The molecule has 0 bridgehead atoms. The summed E-state index contributed by atoms with van der Waals surface area (Å²) in [6, 6.07) is 6.33. The predicted octanol–water partition coefficient (Wildman–Crippen LogP) is 4.13. The van der Waals surface area contributed by atoms with Crippen LogP contribution in [0.25, 0.3) is 0 Å². The van der Waals surface area contributed by atoms with Gasteiger partial charge in [-0.15, -0.1) is 0 Å². The molecule has 0 saturated heterocycles. The van der Waals surface area contributed by atoms with Gasteiger partial charge in [0.1, 0.15) is 23.7 Å². The van der Waals surface area contributed by atoms with Crippen LogP contribution < -0.4 is 5.32 Å². The largest absolute Gasteiger partial charge is 0.478 e. The van der Waals surface area contributed by atoms with Gasteiger partial charge in [0.15, 0.2) is 0 Å². The van der Waals surface area contributed by atoms with Gasteiger partial charge in [-0.2, -0.15) is 0 Å². The number of carboxylic acids is 1. The number of benzene rings is 2. The molecule has 1 amide bonds. The summed E-state index contributed by atoms with van der Waals surface area (Å²) in [5.41, 5.74) is -0.748. The lowest BCUT2D eigenvalue weighted by atomic mass is 9.76. The van der Waals surface area contributed by atoms with Crippen LogP contribution in [0.3, 0.4) is 0 Å². The first-order chi connectivity index (χ1) is 14.3. The molecule has 2 aromatic carbocycles. The highest BCUT2D eigenvalue weighted by molar-refractivity contribution is 5.94. The van der Waals surface area contributed by atoms with Crippen LogP contribution in [-0.2, 0) is 9.59 Å². The molecule has 30 heavy (non-hydrogen) atoms. The second-order valence-electron chi connectivity index (χ2n) is 7.34. The van der Waals surface area contributed by atoms with E-state index in [2.05, 4.69) is 5.32 Å². The molecule has 0 aliphatic heterocycles. The lowest BCUT2D eigenvalue weighted by molar-refractivity contribution is -0.125. The number of aromatic carboxylic acids is 1. The Hall–Kier alpha value is -3.16. The fourth-order valence-corrected chi connectivity index (χ4v) is 3.77. The average molecular weight is 419 g/mol. The Balaban J connectivity index is 1.97. The topological polar surface area (TPSA) is 83.5 Å². The van der Waals surface area contributed by atoms with E-state index in [0.717, 1.165) is 25.3 Å². The molecule has 5 nitrogen and oxygen atoms in total. The molecule has 1 aliphatic rings. The van der Waals surface area contributed by atoms with Crippen molar-refractivity contribution in [3.05, 3.63) is 70.5 Å². The zero-order valence-corrected chi connectivity index (χ0v) is 15.9. The molecule has 1 saturated carbocycles. The molecule has 3 rings (SSSR count). The van der Waals surface area contributed by atoms with E-state index in [1.54, 1.807) is 6.07 Å². The Bertz CT molecular complexity index is 975. The average Bonchev–Trinajstić information content (AvgIpc) is 2.63. The van der Waals surface area contributed by atoms with E-state index in [1.807, 2.05) is 0 Å². The third-order valence-electron chi connectivity index (χ3n) is 5.45. The molecular weight excluding hydrogens is 399 g/mol. The Labute approximate surface area is 170 Å². The van der Waals surface area contributed by atoms with Crippen molar-refractivity contribution in [1.82, 2.24) is 5.32 Å². The molecule has 2 aromatic rings. The lowest BCUT2D eigenvalue weighted by Gasteiger charge is -2.35. The Morgan fingerprint density at radius 3 is 2.43 bits per heavy atom. The van der Waals surface area contributed by atoms with E-state index in [9.17, 15) is 32.7 Å². The molecule has 0 radical (unpaired) electrons. The standard InChI is InChI=1S/C22H20F3NO4/c23-14-6-2-5-13(9-14)20(12-3-1-4-12)26-21(28)16(7-8-27)17-10-15(24)11-18(25)19(17)22(29)30/h2,5-6,8-12,16,20H,1,3-4,7H2,(H,26,28)(H,29,30)/t16?,20-/m0/s1. The molecular formula is C22H20F3NO4. The van der Waals surface area contributed by atoms with Crippen molar-refractivity contribution in [2.75, 3.05) is 0 Å². The SMILES string of the molecule is O=CCC(C(=O)N[C@H](c1cccc(F)c1)C1CCC1)c1cc(F)cc(F)c1C(=O)O. The van der Waals surface area contributed by atoms with Gasteiger partial charge in [-0.05, 0) is 48.1 Å². The van der Waals surface area contributed by atoms with Crippen molar-refractivity contribution in [3.63, 3.8) is 0 Å². The molecule has 0 spiro atoms. The van der Waals surface area contributed by atoms with Gasteiger partial charge in [0.2, 0.25) is 5.91 Å². The maximum Gasteiger partial charge on any atom is 0.338 e. The smallest absolute Gasteiger partial charge is 0.338 e. The van der Waals surface area contributed by atoms with Crippen molar-refractivity contribution in [2.24, 2.45) is 5.92 Å². The van der Waals surface area contributed by atoms with Crippen LogP contribution in [0.4, 0.5) is 13.2 Å². The molecule has 1 aliphatic carbocycles. The molecule has 1 fully saturated rings. The maximum atomic E-state index is 14.1. The van der Waals surface area contributed by atoms with E-state index >= 15 is 0 Å². The van der Waals surface area contributed by atoms with Crippen LogP contribution in [0.1, 0.15) is 59.1 Å². The first kappa shape index (κ1) is 21.5. The molecule has 158 valence electrons. The van der Waals surface area contributed by atoms with Crippen LogP contribution >= 0.6 is 0 Å². The summed E-state index contributed by atoms with van der Waals surface area (Å²) in [6.07, 6.45) is 2.47. The number of rotatable bonds is 8. The van der Waals surface area contributed by atoms with Crippen LogP contribution in [-0.4, -0.2) is 23.3 Å². The van der Waals surface area contributed by atoms with Gasteiger partial charge in [0.05, 0.1) is 17.5 Å². The Morgan fingerprint density at radius 1 is 1.13 bits per heavy atom. The predicted molar refractivity (Wildman–Crippen MR) is 101 cm³/mol. The zero-order valence-electron chi connectivity index (χ0n) is 15.9. The van der Waals surface area contributed by atoms with Gasteiger partial charge in [0.25, 0.3) is 0 Å². The highest BCUT2D eigenvalue weighted by Gasteiger charge is 2.34. The fraction of sp³-hybridized carbons (Fsp3) is 0.318. The lowest BCUT2D eigenvalue weighted by Crippen LogP contribution is -2.39. The van der Waals surface area contributed by atoms with Gasteiger partial charge in [0, 0.05) is 12.5 Å². The minimum absolute atomic E-state index is 0.0378. The number of carbonyl (C=O) groups is 3. The molecule has 1 unspecified atom stereocenters. The van der Waals surface area contributed by atoms with Crippen LogP contribution in [0.15, 0.2) is 36.4 Å². The number of carbonyl (C=O) groups excluding carboxylic acids is 2. The Kier molecular flexibility index (Phi) is 6.54. The summed E-state index contributed by atoms with van der Waals surface area (Å²) in [6.45, 7) is 0. The minimum atomic E-state index is -1.67. The van der Waals surface area contributed by atoms with E-state index < -0.39 is 58.8 Å². The van der Waals surface area contributed by atoms with Crippen LogP contribution in [0.5, 0.6) is 0 Å². The summed E-state index contributed by atoms with van der Waals surface area (Å²) < 4.78 is 41.6. The van der Waals surface area contributed by atoms with E-state index in [-0.39, 0.29) is 5.92 Å². The number of amides is 1. The summed E-state index contributed by atoms with van der Waals surface area (Å²) in [5, 5.41) is 12.1. The number of aldehydes is 1. The number of hydrogen-bond donors (Lipinski definition) is 2. The molecule has 0 heterocycles. The van der Waals surface area contributed by atoms with Gasteiger partial charge >= 0.3 is 5.97 Å². The Morgan fingerprint density at radius 2 is 1.87 bits per heavy atom. The number of halogens is 3. The third kappa shape index (κ3) is 4.53. The van der Waals surface area contributed by atoms with E-state index in [4.69, 9.17) is 0 Å². The third-order valence-corrected chi connectivity index (χ3v) is 5.45. The molecule has 8 heteroatoms. The van der Waals surface area contributed by atoms with Crippen molar-refractivity contribution < 1.29 is 32.7 Å². The van der Waals surface area contributed by atoms with Crippen LogP contribution in [0.2, 0.25) is 0 Å². The summed E-state index contributed by atoms with van der Waals surface area (Å²) >= 11 is 0. The van der Waals surface area contributed by atoms with Gasteiger partial charge in [-0.3, -0.25) is 4.79 Å². The zero-order chi connectivity index (χ0) is 21.8. The van der Waals surface area contributed by atoms with Crippen LogP contribution in [0, 0.1) is 23.4 Å². The van der Waals surface area contributed by atoms with Gasteiger partial charge in [-0.1, -0.05) is 18.6 Å². The van der Waals surface area contributed by atoms with Crippen molar-refractivity contribution in [3.8, 4) is 0 Å². The first-order valence-electron chi connectivity index (χ1n) is 9.53. The minimum Gasteiger partial charge on any atom is -0.478 e. The highest BCUT2D eigenvalue weighted by Crippen LogP contribution is 2.38. The fourth-order valence-electron chi connectivity index (χ4n) is 3.77. The van der Waals surface area contributed by atoms with Gasteiger partial charge in [-0.25, -0.2) is 18.0 Å². The number of nitrogens with one attached hydrogen (secondary N) is 1. The quantitative estimate of drug-likeness (QED) is 0.630. The first-order valence-corrected chi connectivity index (χ1v) is 9.53. The van der Waals surface area contributed by atoms with E-state index in [0.29, 0.717) is 17.9 Å². The number of hydrogen-bond acceptors (Lipinski definition) is 3. The summed E-state index contributed by atoms with van der Waals surface area (Å²) in [7, 11) is 0. The summed E-state index contributed by atoms with van der Waals surface area (Å²) in [5.74, 6) is -6.66. The second kappa shape index (κ2) is 9.11. The number of carboxylic acid groups (broad SMARTS) is 1.